The Morgan fingerprint density at radius 2 is 2.00 bits per heavy atom. The summed E-state index contributed by atoms with van der Waals surface area (Å²) >= 11 is 5.27. The minimum Gasteiger partial charge on any atom is -0.466 e. The van der Waals surface area contributed by atoms with E-state index >= 15 is 0 Å². The Kier molecular flexibility index (Phi) is 5.32. The van der Waals surface area contributed by atoms with Crippen LogP contribution in [-0.4, -0.2) is 30.0 Å². The van der Waals surface area contributed by atoms with Gasteiger partial charge < -0.3 is 4.74 Å². The number of ether oxygens (including phenoxy) is 1. The number of hydrogen-bond acceptors (Lipinski definition) is 3. The standard InChI is InChI=1S/C12H11ClFNO3/c1-18-12(17)7-10(15(14)11(16)8-13)9-5-3-2-4-6-9/h2-7H,8H2,1H3. The molecule has 0 aromatic heterocycles. The molecule has 1 aromatic carbocycles. The van der Waals surface area contributed by atoms with Crippen molar-refractivity contribution >= 4 is 29.2 Å². The SMILES string of the molecule is COC(=O)C=C(c1ccccc1)N(F)C(=O)CCl. The quantitative estimate of drug-likeness (QED) is 0.365. The Morgan fingerprint density at radius 1 is 1.39 bits per heavy atom. The molecule has 18 heavy (non-hydrogen) atoms. The van der Waals surface area contributed by atoms with E-state index in [9.17, 15) is 14.1 Å². The minimum atomic E-state index is -0.962. The van der Waals surface area contributed by atoms with Crippen LogP contribution in [0.3, 0.4) is 0 Å². The van der Waals surface area contributed by atoms with Crippen molar-refractivity contribution in [3.05, 3.63) is 42.0 Å². The molecule has 0 aliphatic heterocycles. The second kappa shape index (κ2) is 6.76. The fourth-order valence-electron chi connectivity index (χ4n) is 1.22. The van der Waals surface area contributed by atoms with Crippen molar-refractivity contribution in [2.75, 3.05) is 13.0 Å². The van der Waals surface area contributed by atoms with Gasteiger partial charge in [-0.3, -0.25) is 4.79 Å². The number of alkyl halides is 1. The summed E-state index contributed by atoms with van der Waals surface area (Å²) in [6.07, 6.45) is 0.889. The lowest BCUT2D eigenvalue weighted by Crippen LogP contribution is -2.23. The number of methoxy groups -OCH3 is 1. The molecule has 1 amide bonds. The molecule has 0 spiro atoms. The van der Waals surface area contributed by atoms with Crippen molar-refractivity contribution in [2.45, 2.75) is 0 Å². The van der Waals surface area contributed by atoms with E-state index in [2.05, 4.69) is 4.74 Å². The molecule has 4 nitrogen and oxygen atoms in total. The number of rotatable bonds is 4. The number of esters is 1. The normalized spacial score (nSPS) is 10.9. The summed E-state index contributed by atoms with van der Waals surface area (Å²) in [5, 5.41) is -0.167. The van der Waals surface area contributed by atoms with Crippen LogP contribution in [0.5, 0.6) is 0 Å². The molecular formula is C12H11ClFNO3. The highest BCUT2D eigenvalue weighted by Gasteiger charge is 2.19. The lowest BCUT2D eigenvalue weighted by atomic mass is 10.1. The summed E-state index contributed by atoms with van der Waals surface area (Å²) in [6.45, 7) is 0. The lowest BCUT2D eigenvalue weighted by molar-refractivity contribution is -0.136. The maximum absolute atomic E-state index is 13.8. The first-order valence-electron chi connectivity index (χ1n) is 5.00. The van der Waals surface area contributed by atoms with Gasteiger partial charge >= 0.3 is 5.97 Å². The van der Waals surface area contributed by atoms with Crippen molar-refractivity contribution < 1.29 is 18.8 Å². The first-order valence-corrected chi connectivity index (χ1v) is 5.53. The van der Waals surface area contributed by atoms with Gasteiger partial charge in [-0.25, -0.2) is 4.79 Å². The van der Waals surface area contributed by atoms with Crippen LogP contribution in [0.4, 0.5) is 4.48 Å². The number of nitrogens with zero attached hydrogens (tertiary/aromatic N) is 1. The molecule has 0 bridgehead atoms. The third kappa shape index (κ3) is 3.56. The predicted molar refractivity (Wildman–Crippen MR) is 65.1 cm³/mol. The molecular weight excluding hydrogens is 261 g/mol. The molecule has 0 radical (unpaired) electrons. The van der Waals surface area contributed by atoms with Crippen molar-refractivity contribution in [3.8, 4) is 0 Å². The Bertz CT molecular complexity index is 462. The van der Waals surface area contributed by atoms with Gasteiger partial charge in [0.05, 0.1) is 18.9 Å². The molecule has 1 rings (SSSR count). The molecule has 0 N–H and O–H groups in total. The molecule has 0 fully saturated rings. The second-order valence-corrected chi connectivity index (χ2v) is 3.49. The van der Waals surface area contributed by atoms with Crippen molar-refractivity contribution in [1.82, 2.24) is 5.12 Å². The van der Waals surface area contributed by atoms with Crippen LogP contribution in [0, 0.1) is 0 Å². The third-order valence-electron chi connectivity index (χ3n) is 2.07. The average Bonchev–Trinajstić information content (AvgIpc) is 2.43. The molecule has 0 unspecified atom stereocenters. The first kappa shape index (κ1) is 14.2. The molecule has 0 heterocycles. The highest BCUT2D eigenvalue weighted by molar-refractivity contribution is 6.27. The van der Waals surface area contributed by atoms with Gasteiger partial charge in [0.1, 0.15) is 5.88 Å². The molecule has 0 atom stereocenters. The first-order chi connectivity index (χ1) is 8.60. The third-order valence-corrected chi connectivity index (χ3v) is 2.30. The van der Waals surface area contributed by atoms with Gasteiger partial charge in [-0.2, -0.15) is 0 Å². The van der Waals surface area contributed by atoms with Crippen LogP contribution in [0.15, 0.2) is 36.4 Å². The molecule has 6 heteroatoms. The van der Waals surface area contributed by atoms with E-state index in [4.69, 9.17) is 11.6 Å². The van der Waals surface area contributed by atoms with E-state index in [-0.39, 0.29) is 10.8 Å². The number of halogens is 2. The van der Waals surface area contributed by atoms with Crippen molar-refractivity contribution in [2.24, 2.45) is 0 Å². The summed E-state index contributed by atoms with van der Waals surface area (Å²) < 4.78 is 18.2. The van der Waals surface area contributed by atoms with Gasteiger partial charge in [0, 0.05) is 5.56 Å². The monoisotopic (exact) mass is 271 g/mol. The highest BCUT2D eigenvalue weighted by atomic mass is 35.5. The molecule has 0 aliphatic carbocycles. The van der Waals surface area contributed by atoms with Crippen LogP contribution in [0.2, 0.25) is 0 Å². The number of carbonyl (C=O) groups is 2. The number of hydrogen-bond donors (Lipinski definition) is 0. The molecule has 96 valence electrons. The number of carbonyl (C=O) groups excluding carboxylic acids is 2. The second-order valence-electron chi connectivity index (χ2n) is 3.23. The molecule has 0 saturated carbocycles. The van der Waals surface area contributed by atoms with E-state index in [1.807, 2.05) is 0 Å². The van der Waals surface area contributed by atoms with E-state index in [0.717, 1.165) is 13.2 Å². The van der Waals surface area contributed by atoms with Crippen LogP contribution < -0.4 is 0 Å². The topological polar surface area (TPSA) is 46.6 Å². The molecule has 0 aliphatic rings. The summed E-state index contributed by atoms with van der Waals surface area (Å²) in [6, 6.07) is 8.15. The Hall–Kier alpha value is -1.88. The minimum absolute atomic E-state index is 0.167. The fraction of sp³-hybridized carbons (Fsp3) is 0.167. The summed E-state index contributed by atoms with van der Waals surface area (Å²) in [4.78, 5) is 22.4. The predicted octanol–water partition coefficient (Wildman–Crippen LogP) is 2.15. The number of amides is 1. The summed E-state index contributed by atoms with van der Waals surface area (Å²) in [7, 11) is 1.16. The van der Waals surface area contributed by atoms with Gasteiger partial charge in [0.25, 0.3) is 5.91 Å². The zero-order chi connectivity index (χ0) is 13.5. The van der Waals surface area contributed by atoms with E-state index in [1.54, 1.807) is 30.3 Å². The van der Waals surface area contributed by atoms with Gasteiger partial charge in [0.15, 0.2) is 0 Å². The van der Waals surface area contributed by atoms with Gasteiger partial charge in [0.2, 0.25) is 0 Å². The van der Waals surface area contributed by atoms with E-state index in [1.165, 1.54) is 0 Å². The van der Waals surface area contributed by atoms with Crippen LogP contribution in [0.25, 0.3) is 5.70 Å². The lowest BCUT2D eigenvalue weighted by Gasteiger charge is -2.14. The van der Waals surface area contributed by atoms with Crippen LogP contribution in [0.1, 0.15) is 5.56 Å². The Morgan fingerprint density at radius 3 is 2.50 bits per heavy atom. The highest BCUT2D eigenvalue weighted by Crippen LogP contribution is 2.20. The largest absolute Gasteiger partial charge is 0.466 e. The Balaban J connectivity index is 3.15. The number of benzene rings is 1. The fourth-order valence-corrected chi connectivity index (χ4v) is 1.32. The van der Waals surface area contributed by atoms with Crippen LogP contribution in [-0.2, 0) is 14.3 Å². The maximum atomic E-state index is 13.8. The molecule has 0 saturated heterocycles. The van der Waals surface area contributed by atoms with Gasteiger partial charge in [-0.05, 0) is 0 Å². The zero-order valence-electron chi connectivity index (χ0n) is 9.60. The van der Waals surface area contributed by atoms with Crippen molar-refractivity contribution in [3.63, 3.8) is 0 Å². The van der Waals surface area contributed by atoms with E-state index in [0.29, 0.717) is 5.56 Å². The Labute approximate surface area is 109 Å². The zero-order valence-corrected chi connectivity index (χ0v) is 10.4. The smallest absolute Gasteiger partial charge is 0.332 e. The van der Waals surface area contributed by atoms with Crippen molar-refractivity contribution in [1.29, 1.82) is 0 Å². The van der Waals surface area contributed by atoms with E-state index < -0.39 is 17.8 Å². The average molecular weight is 272 g/mol. The summed E-state index contributed by atoms with van der Waals surface area (Å²) in [5.74, 6) is -2.25. The van der Waals surface area contributed by atoms with Gasteiger partial charge in [-0.1, -0.05) is 34.8 Å². The van der Waals surface area contributed by atoms with Crippen LogP contribution >= 0.6 is 11.6 Å². The molecule has 1 aromatic rings. The van der Waals surface area contributed by atoms with Gasteiger partial charge in [-0.15, -0.1) is 16.7 Å². The maximum Gasteiger partial charge on any atom is 0.332 e. The summed E-state index contributed by atoms with van der Waals surface area (Å²) in [5.41, 5.74) is 0.150.